The molecule has 0 aromatic heterocycles. The first-order chi connectivity index (χ1) is 6.36. The Morgan fingerprint density at radius 2 is 2.33 bits per heavy atom. The molecular formula is C11H19NO2Tm-2. The molecule has 0 saturated carbocycles. The molecule has 4 heteroatoms. The van der Waals surface area contributed by atoms with Gasteiger partial charge in [-0.05, 0) is 19.4 Å². The summed E-state index contributed by atoms with van der Waals surface area (Å²) in [7, 11) is 0. The fourth-order valence-corrected chi connectivity index (χ4v) is 1.94. The van der Waals surface area contributed by atoms with Crippen molar-refractivity contribution in [3.05, 3.63) is 13.8 Å². The van der Waals surface area contributed by atoms with Crippen LogP contribution in [-0.4, -0.2) is 36.6 Å². The molecule has 3 nitrogen and oxygen atoms in total. The standard InChI is InChI=1S/C10H16NO2.CH3.Tm/c12-10(11-5-1-2-6-11)8-9-4-3-7-13-9;;/h1,9H,2-8H2;1H3;/q2*-1;. The van der Waals surface area contributed by atoms with Gasteiger partial charge in [0.25, 0.3) is 0 Å². The summed E-state index contributed by atoms with van der Waals surface area (Å²) in [6.45, 7) is 2.58. The van der Waals surface area contributed by atoms with Crippen molar-refractivity contribution in [2.24, 2.45) is 0 Å². The molecule has 0 aromatic rings. The van der Waals surface area contributed by atoms with E-state index in [1.807, 2.05) is 4.90 Å². The Hall–Kier alpha value is 0.664. The number of carbonyl (C=O) groups excluding carboxylic acids is 1. The van der Waals surface area contributed by atoms with Crippen LogP contribution in [-0.2, 0) is 9.53 Å². The number of nitrogens with zero attached hydrogens (tertiary/aromatic N) is 1. The third-order valence-corrected chi connectivity index (χ3v) is 2.73. The van der Waals surface area contributed by atoms with Crippen molar-refractivity contribution in [2.45, 2.75) is 31.8 Å². The summed E-state index contributed by atoms with van der Waals surface area (Å²) >= 11 is 0. The monoisotopic (exact) mass is 366 g/mol. The van der Waals surface area contributed by atoms with Gasteiger partial charge in [0.15, 0.2) is 0 Å². The summed E-state index contributed by atoms with van der Waals surface area (Å²) in [5.41, 5.74) is 0. The van der Waals surface area contributed by atoms with E-state index in [1.165, 1.54) is 0 Å². The van der Waals surface area contributed by atoms with Gasteiger partial charge in [-0.1, -0.05) is 0 Å². The van der Waals surface area contributed by atoms with Gasteiger partial charge in [0.05, 0.1) is 12.5 Å². The number of carbonyl (C=O) groups is 1. The first kappa shape index (κ1) is 15.7. The van der Waals surface area contributed by atoms with Crippen LogP contribution in [0.15, 0.2) is 0 Å². The smallest absolute Gasteiger partial charge is 0.222 e. The molecular weight excluding hydrogens is 347 g/mol. The van der Waals surface area contributed by atoms with Crippen molar-refractivity contribution in [3.63, 3.8) is 0 Å². The zero-order valence-corrected chi connectivity index (χ0v) is 10.9. The third-order valence-electron chi connectivity index (χ3n) is 2.73. The number of hydrogen-bond donors (Lipinski definition) is 0. The Bertz CT molecular complexity index is 187. The van der Waals surface area contributed by atoms with Gasteiger partial charge in [0, 0.05) is 43.5 Å². The molecule has 0 N–H and O–H groups in total. The summed E-state index contributed by atoms with van der Waals surface area (Å²) in [5, 5.41) is 0. The molecule has 1 radical (unpaired) electrons. The minimum absolute atomic E-state index is 0. The van der Waals surface area contributed by atoms with E-state index in [0.717, 1.165) is 39.0 Å². The van der Waals surface area contributed by atoms with E-state index in [1.54, 1.807) is 0 Å². The van der Waals surface area contributed by atoms with Gasteiger partial charge < -0.3 is 23.5 Å². The van der Waals surface area contributed by atoms with Crippen molar-refractivity contribution in [2.75, 3.05) is 19.7 Å². The van der Waals surface area contributed by atoms with Gasteiger partial charge in [-0.25, -0.2) is 0 Å². The van der Waals surface area contributed by atoms with Crippen molar-refractivity contribution < 1.29 is 46.4 Å². The SMILES string of the molecule is O=C(CC1CCCO1)N1C[CH-]CC1.[CH3-].[Tm]. The summed E-state index contributed by atoms with van der Waals surface area (Å²) < 4.78 is 5.43. The second kappa shape index (κ2) is 7.86. The Balaban J connectivity index is 0.000000980. The van der Waals surface area contributed by atoms with Gasteiger partial charge in [0.1, 0.15) is 0 Å². The van der Waals surface area contributed by atoms with Gasteiger partial charge in [-0.15, -0.1) is 6.54 Å². The van der Waals surface area contributed by atoms with E-state index in [9.17, 15) is 4.79 Å². The van der Waals surface area contributed by atoms with Crippen LogP contribution < -0.4 is 0 Å². The van der Waals surface area contributed by atoms with Crippen molar-refractivity contribution in [3.8, 4) is 0 Å². The molecule has 2 aliphatic heterocycles. The normalized spacial score (nSPS) is 24.5. The largest absolute Gasteiger partial charge is 0.378 e. The van der Waals surface area contributed by atoms with Gasteiger partial charge in [-0.2, -0.15) is 6.42 Å². The molecule has 0 spiro atoms. The maximum Gasteiger partial charge on any atom is 0.222 e. The van der Waals surface area contributed by atoms with Crippen molar-refractivity contribution >= 4 is 5.91 Å². The number of hydrogen-bond acceptors (Lipinski definition) is 2. The van der Waals surface area contributed by atoms with Crippen LogP contribution in [0.5, 0.6) is 0 Å². The third kappa shape index (κ3) is 4.58. The Labute approximate surface area is 122 Å². The van der Waals surface area contributed by atoms with Crippen LogP contribution in [0.3, 0.4) is 0 Å². The quantitative estimate of drug-likeness (QED) is 0.693. The average molecular weight is 366 g/mol. The predicted molar refractivity (Wildman–Crippen MR) is 55.5 cm³/mol. The summed E-state index contributed by atoms with van der Waals surface area (Å²) in [6.07, 6.45) is 6.18. The van der Waals surface area contributed by atoms with E-state index >= 15 is 0 Å². The van der Waals surface area contributed by atoms with E-state index < -0.39 is 0 Å². The molecule has 95 valence electrons. The van der Waals surface area contributed by atoms with E-state index in [4.69, 9.17) is 4.74 Å². The molecule has 2 fully saturated rings. The second-order valence-corrected chi connectivity index (χ2v) is 3.76. The van der Waals surface area contributed by atoms with Crippen LogP contribution in [0, 0.1) is 50.7 Å². The minimum atomic E-state index is 0. The number of ether oxygens (including phenoxy) is 1. The summed E-state index contributed by atoms with van der Waals surface area (Å²) in [4.78, 5) is 13.5. The Morgan fingerprint density at radius 1 is 1.53 bits per heavy atom. The number of likely N-dealkylation sites (tertiary alicyclic amines) is 1. The molecule has 0 aliphatic carbocycles. The Morgan fingerprint density at radius 3 is 2.87 bits per heavy atom. The summed E-state index contributed by atoms with van der Waals surface area (Å²) in [6, 6.07) is 0. The van der Waals surface area contributed by atoms with Gasteiger partial charge in [0.2, 0.25) is 5.91 Å². The molecule has 1 unspecified atom stereocenters. The average Bonchev–Trinajstić information content (AvgIpc) is 2.74. The van der Waals surface area contributed by atoms with Crippen LogP contribution >= 0.6 is 0 Å². The van der Waals surface area contributed by atoms with E-state index in [2.05, 4.69) is 6.42 Å². The Kier molecular flexibility index (Phi) is 8.21. The van der Waals surface area contributed by atoms with Crippen LogP contribution in [0.1, 0.15) is 25.7 Å². The molecule has 0 bridgehead atoms. The van der Waals surface area contributed by atoms with Crippen molar-refractivity contribution in [1.82, 2.24) is 4.90 Å². The number of amides is 1. The molecule has 15 heavy (non-hydrogen) atoms. The van der Waals surface area contributed by atoms with E-state index in [-0.39, 0.29) is 56.3 Å². The first-order valence-corrected chi connectivity index (χ1v) is 5.07. The molecule has 2 saturated heterocycles. The number of rotatable bonds is 2. The van der Waals surface area contributed by atoms with Crippen LogP contribution in [0.25, 0.3) is 0 Å². The van der Waals surface area contributed by atoms with Gasteiger partial charge >= 0.3 is 0 Å². The second-order valence-electron chi connectivity index (χ2n) is 3.76. The van der Waals surface area contributed by atoms with E-state index in [0.29, 0.717) is 6.42 Å². The molecule has 2 rings (SSSR count). The summed E-state index contributed by atoms with van der Waals surface area (Å²) in [5.74, 6) is 0.264. The zero-order chi connectivity index (χ0) is 9.10. The fraction of sp³-hybridized carbons (Fsp3) is 0.727. The topological polar surface area (TPSA) is 29.5 Å². The maximum atomic E-state index is 11.6. The molecule has 1 amide bonds. The minimum Gasteiger partial charge on any atom is -0.378 e. The van der Waals surface area contributed by atoms with Crippen LogP contribution in [0.2, 0.25) is 0 Å². The zero-order valence-electron chi connectivity index (χ0n) is 9.15. The molecule has 2 aliphatic rings. The molecule has 1 atom stereocenters. The molecule has 0 aromatic carbocycles. The molecule has 2 heterocycles. The maximum absolute atomic E-state index is 11.6. The van der Waals surface area contributed by atoms with Crippen LogP contribution in [0.4, 0.5) is 0 Å². The van der Waals surface area contributed by atoms with Crippen molar-refractivity contribution in [1.29, 1.82) is 0 Å². The van der Waals surface area contributed by atoms with Gasteiger partial charge in [-0.3, -0.25) is 4.79 Å². The first-order valence-electron chi connectivity index (χ1n) is 5.07. The fourth-order valence-electron chi connectivity index (χ4n) is 1.94. The predicted octanol–water partition coefficient (Wildman–Crippen LogP) is 1.44.